The second kappa shape index (κ2) is 12.3. The van der Waals surface area contributed by atoms with E-state index >= 15 is 0 Å². The van der Waals surface area contributed by atoms with Crippen molar-refractivity contribution >= 4 is 36.6 Å². The third kappa shape index (κ3) is 7.11. The molecule has 2 heterocycles. The number of carbonyl (C=O) groups is 2. The molecule has 2 aromatic rings. The highest BCUT2D eigenvalue weighted by Crippen LogP contribution is 2.07. The molecule has 3 rings (SSSR count). The van der Waals surface area contributed by atoms with Gasteiger partial charge in [0, 0.05) is 37.0 Å². The molecule has 0 aliphatic carbocycles. The topological polar surface area (TPSA) is 83.1 Å². The van der Waals surface area contributed by atoms with Gasteiger partial charge in [-0.2, -0.15) is 0 Å². The molecule has 2 amide bonds. The van der Waals surface area contributed by atoms with E-state index < -0.39 is 6.04 Å². The quantitative estimate of drug-likeness (QED) is 0.662. The maximum Gasteiger partial charge on any atom is 0.251 e. The Balaban J connectivity index is 0.00000196. The number of benzene rings is 1. The van der Waals surface area contributed by atoms with E-state index in [-0.39, 0.29) is 42.7 Å². The second-order valence-corrected chi connectivity index (χ2v) is 6.51. The van der Waals surface area contributed by atoms with E-state index in [0.29, 0.717) is 12.0 Å². The number of nitrogens with one attached hydrogen (secondary N) is 3. The van der Waals surface area contributed by atoms with E-state index in [1.54, 1.807) is 36.7 Å². The van der Waals surface area contributed by atoms with Gasteiger partial charge in [0.2, 0.25) is 5.91 Å². The molecule has 0 saturated carbocycles. The Morgan fingerprint density at radius 1 is 1.14 bits per heavy atom. The van der Waals surface area contributed by atoms with Gasteiger partial charge in [-0.3, -0.25) is 14.6 Å². The number of piperidine rings is 1. The van der Waals surface area contributed by atoms with Crippen LogP contribution in [0.2, 0.25) is 0 Å². The molecule has 1 aromatic carbocycles. The Labute approximate surface area is 177 Å². The van der Waals surface area contributed by atoms with Gasteiger partial charge in [0.1, 0.15) is 6.04 Å². The van der Waals surface area contributed by atoms with Crippen molar-refractivity contribution in [3.8, 4) is 0 Å². The maximum absolute atomic E-state index is 12.8. The SMILES string of the molecule is Cl.Cl.O=C(NC(Cc1cccnc1)C(=O)N[C@H]1CCCNC1)c1ccccc1. The molecule has 1 saturated heterocycles. The van der Waals surface area contributed by atoms with E-state index in [0.717, 1.165) is 31.5 Å². The Kier molecular flexibility index (Phi) is 10.5. The zero-order valence-corrected chi connectivity index (χ0v) is 17.1. The standard InChI is InChI=1S/C20H24N4O2.2ClH/c25-19(16-7-2-1-3-8-16)24-18(12-15-6-4-10-21-13-15)20(26)23-17-9-5-11-22-14-17;;/h1-4,6-8,10,13,17-18,22H,5,9,11-12,14H2,(H,23,26)(H,24,25);2*1H/t17-,18?;;/m0../s1. The van der Waals surface area contributed by atoms with Crippen LogP contribution in [0.25, 0.3) is 0 Å². The summed E-state index contributed by atoms with van der Waals surface area (Å²) in [6.45, 7) is 1.74. The summed E-state index contributed by atoms with van der Waals surface area (Å²) in [6.07, 6.45) is 5.80. The molecule has 28 heavy (non-hydrogen) atoms. The first-order valence-electron chi connectivity index (χ1n) is 8.98. The summed E-state index contributed by atoms with van der Waals surface area (Å²) in [5.41, 5.74) is 1.44. The van der Waals surface area contributed by atoms with Crippen LogP contribution in [0, 0.1) is 0 Å². The molecule has 1 fully saturated rings. The van der Waals surface area contributed by atoms with Crippen molar-refractivity contribution in [3.63, 3.8) is 0 Å². The van der Waals surface area contributed by atoms with E-state index in [2.05, 4.69) is 20.9 Å². The van der Waals surface area contributed by atoms with Gasteiger partial charge in [0.25, 0.3) is 5.91 Å². The average Bonchev–Trinajstić information content (AvgIpc) is 2.69. The van der Waals surface area contributed by atoms with Crippen LogP contribution in [0.3, 0.4) is 0 Å². The minimum absolute atomic E-state index is 0. The number of rotatable bonds is 6. The molecule has 3 N–H and O–H groups in total. The van der Waals surface area contributed by atoms with Crippen molar-refractivity contribution in [2.24, 2.45) is 0 Å². The predicted octanol–water partition coefficient (Wildman–Crippen LogP) is 2.13. The Morgan fingerprint density at radius 2 is 1.93 bits per heavy atom. The van der Waals surface area contributed by atoms with Crippen LogP contribution in [0.15, 0.2) is 54.9 Å². The zero-order chi connectivity index (χ0) is 18.2. The molecule has 152 valence electrons. The van der Waals surface area contributed by atoms with Crippen LogP contribution < -0.4 is 16.0 Å². The van der Waals surface area contributed by atoms with E-state index in [4.69, 9.17) is 0 Å². The molecule has 2 atom stereocenters. The highest BCUT2D eigenvalue weighted by molar-refractivity contribution is 5.97. The molecular formula is C20H26Cl2N4O2. The highest BCUT2D eigenvalue weighted by Gasteiger charge is 2.25. The summed E-state index contributed by atoms with van der Waals surface area (Å²) in [5, 5.41) is 9.21. The van der Waals surface area contributed by atoms with Crippen molar-refractivity contribution < 1.29 is 9.59 Å². The lowest BCUT2D eigenvalue weighted by molar-refractivity contribution is -0.123. The maximum atomic E-state index is 12.8. The molecule has 6 nitrogen and oxygen atoms in total. The number of amides is 2. The fourth-order valence-corrected chi connectivity index (χ4v) is 3.07. The number of aromatic nitrogens is 1. The molecule has 0 spiro atoms. The molecule has 1 unspecified atom stereocenters. The number of halogens is 2. The van der Waals surface area contributed by atoms with Crippen LogP contribution in [0.1, 0.15) is 28.8 Å². The summed E-state index contributed by atoms with van der Waals surface area (Å²) in [4.78, 5) is 29.4. The molecule has 1 aromatic heterocycles. The van der Waals surface area contributed by atoms with Gasteiger partial charge in [-0.15, -0.1) is 24.8 Å². The Morgan fingerprint density at radius 3 is 2.57 bits per heavy atom. The van der Waals surface area contributed by atoms with Gasteiger partial charge in [-0.1, -0.05) is 24.3 Å². The average molecular weight is 425 g/mol. The lowest BCUT2D eigenvalue weighted by Gasteiger charge is -2.26. The van der Waals surface area contributed by atoms with Gasteiger partial charge in [0.15, 0.2) is 0 Å². The summed E-state index contributed by atoms with van der Waals surface area (Å²) in [6, 6.07) is 12.1. The van der Waals surface area contributed by atoms with Crippen LogP contribution in [-0.4, -0.2) is 42.0 Å². The fourth-order valence-electron chi connectivity index (χ4n) is 3.07. The minimum atomic E-state index is -0.645. The number of carbonyl (C=O) groups excluding carboxylic acids is 2. The fraction of sp³-hybridized carbons (Fsp3) is 0.350. The van der Waals surface area contributed by atoms with E-state index in [1.807, 2.05) is 18.2 Å². The molecule has 1 aliphatic rings. The number of hydrogen-bond acceptors (Lipinski definition) is 4. The Bertz CT molecular complexity index is 726. The van der Waals surface area contributed by atoms with E-state index in [9.17, 15) is 9.59 Å². The summed E-state index contributed by atoms with van der Waals surface area (Å²) >= 11 is 0. The Hall–Kier alpha value is -2.15. The highest BCUT2D eigenvalue weighted by atomic mass is 35.5. The van der Waals surface area contributed by atoms with Crippen LogP contribution in [0.4, 0.5) is 0 Å². The number of pyridine rings is 1. The summed E-state index contributed by atoms with van der Waals surface area (Å²) < 4.78 is 0. The smallest absolute Gasteiger partial charge is 0.251 e. The number of hydrogen-bond donors (Lipinski definition) is 3. The molecule has 0 radical (unpaired) electrons. The molecule has 1 aliphatic heterocycles. The van der Waals surface area contributed by atoms with Gasteiger partial charge < -0.3 is 16.0 Å². The first kappa shape index (κ1) is 23.9. The molecule has 8 heteroatoms. The normalized spacial score (nSPS) is 16.6. The largest absolute Gasteiger partial charge is 0.350 e. The first-order chi connectivity index (χ1) is 12.7. The zero-order valence-electron chi connectivity index (χ0n) is 15.5. The van der Waals surface area contributed by atoms with Crippen molar-refractivity contribution in [3.05, 3.63) is 66.0 Å². The second-order valence-electron chi connectivity index (χ2n) is 6.51. The minimum Gasteiger partial charge on any atom is -0.350 e. The van der Waals surface area contributed by atoms with Gasteiger partial charge in [-0.05, 0) is 43.1 Å². The van der Waals surface area contributed by atoms with Gasteiger partial charge >= 0.3 is 0 Å². The van der Waals surface area contributed by atoms with Crippen molar-refractivity contribution in [1.82, 2.24) is 20.9 Å². The van der Waals surface area contributed by atoms with Crippen molar-refractivity contribution in [2.75, 3.05) is 13.1 Å². The summed E-state index contributed by atoms with van der Waals surface area (Å²) in [7, 11) is 0. The molecule has 0 bridgehead atoms. The lowest BCUT2D eigenvalue weighted by Crippen LogP contribution is -2.53. The number of nitrogens with zero attached hydrogens (tertiary/aromatic N) is 1. The van der Waals surface area contributed by atoms with Gasteiger partial charge in [0.05, 0.1) is 0 Å². The lowest BCUT2D eigenvalue weighted by atomic mass is 10.0. The third-order valence-electron chi connectivity index (χ3n) is 4.46. The molecular weight excluding hydrogens is 399 g/mol. The van der Waals surface area contributed by atoms with Crippen LogP contribution in [-0.2, 0) is 11.2 Å². The third-order valence-corrected chi connectivity index (χ3v) is 4.46. The van der Waals surface area contributed by atoms with Crippen molar-refractivity contribution in [2.45, 2.75) is 31.3 Å². The monoisotopic (exact) mass is 424 g/mol. The van der Waals surface area contributed by atoms with Crippen molar-refractivity contribution in [1.29, 1.82) is 0 Å². The predicted molar refractivity (Wildman–Crippen MR) is 114 cm³/mol. The van der Waals surface area contributed by atoms with Crippen LogP contribution in [0.5, 0.6) is 0 Å². The summed E-state index contributed by atoms with van der Waals surface area (Å²) in [5.74, 6) is -0.414. The van der Waals surface area contributed by atoms with Crippen LogP contribution >= 0.6 is 24.8 Å². The first-order valence-corrected chi connectivity index (χ1v) is 8.98. The van der Waals surface area contributed by atoms with E-state index in [1.165, 1.54) is 0 Å². The van der Waals surface area contributed by atoms with Gasteiger partial charge in [-0.25, -0.2) is 0 Å².